The highest BCUT2D eigenvalue weighted by atomic mass is 32.1. The topological polar surface area (TPSA) is 49.8 Å². The molecule has 0 fully saturated rings. The van der Waals surface area contributed by atoms with Crippen LogP contribution in [-0.2, 0) is 13.1 Å². The van der Waals surface area contributed by atoms with Crippen molar-refractivity contribution in [2.24, 2.45) is 4.99 Å². The summed E-state index contributed by atoms with van der Waals surface area (Å²) in [5, 5.41) is 4.30. The van der Waals surface area contributed by atoms with Crippen molar-refractivity contribution in [1.29, 1.82) is 0 Å². The Morgan fingerprint density at radius 1 is 1.32 bits per heavy atom. The van der Waals surface area contributed by atoms with Gasteiger partial charge in [-0.15, -0.1) is 11.3 Å². The lowest BCUT2D eigenvalue weighted by molar-refractivity contribution is -0.0498. The third kappa shape index (κ3) is 5.67. The fraction of sp³-hybridized carbons (Fsp3) is 0.412. The van der Waals surface area contributed by atoms with Crippen LogP contribution in [0.25, 0.3) is 0 Å². The SMILES string of the molecule is CN=C(NCc1nc(C)c(C)s1)N(C)Cc1ccc(OC(F)F)cc1. The standard InChI is InChI=1S/C17H22F2N4OS/c1-11-12(2)25-15(22-11)9-21-17(20-3)23(4)10-13-5-7-14(8-6-13)24-16(18)19/h5-8,16H,9-10H2,1-4H3,(H,20,21). The highest BCUT2D eigenvalue weighted by Crippen LogP contribution is 2.17. The van der Waals surface area contributed by atoms with Gasteiger partial charge < -0.3 is 15.0 Å². The summed E-state index contributed by atoms with van der Waals surface area (Å²) in [6, 6.07) is 6.59. The quantitative estimate of drug-likeness (QED) is 0.626. The second-order valence-electron chi connectivity index (χ2n) is 5.53. The fourth-order valence-corrected chi connectivity index (χ4v) is 3.15. The number of benzene rings is 1. The molecule has 0 aliphatic rings. The van der Waals surface area contributed by atoms with E-state index in [1.165, 1.54) is 17.0 Å². The number of nitrogens with one attached hydrogen (secondary N) is 1. The maximum atomic E-state index is 12.2. The number of halogens is 2. The summed E-state index contributed by atoms with van der Waals surface area (Å²) in [5.41, 5.74) is 2.02. The van der Waals surface area contributed by atoms with Gasteiger partial charge in [-0.05, 0) is 31.5 Å². The molecule has 1 aromatic heterocycles. The lowest BCUT2D eigenvalue weighted by Gasteiger charge is -2.22. The Morgan fingerprint density at radius 2 is 2.00 bits per heavy atom. The zero-order chi connectivity index (χ0) is 18.4. The van der Waals surface area contributed by atoms with Gasteiger partial charge in [-0.25, -0.2) is 4.98 Å². The van der Waals surface area contributed by atoms with Gasteiger partial charge in [0.1, 0.15) is 10.8 Å². The first-order valence-corrected chi connectivity index (χ1v) is 8.59. The van der Waals surface area contributed by atoms with E-state index in [1.807, 2.05) is 18.9 Å². The molecule has 2 aromatic rings. The molecule has 1 heterocycles. The molecular formula is C17H22F2N4OS. The van der Waals surface area contributed by atoms with Gasteiger partial charge in [0, 0.05) is 25.5 Å². The molecule has 136 valence electrons. The molecule has 25 heavy (non-hydrogen) atoms. The third-order valence-corrected chi connectivity index (χ3v) is 4.69. The second kappa shape index (κ2) is 8.75. The Kier molecular flexibility index (Phi) is 6.69. The maximum Gasteiger partial charge on any atom is 0.387 e. The summed E-state index contributed by atoms with van der Waals surface area (Å²) >= 11 is 1.67. The molecule has 0 saturated carbocycles. The first-order chi connectivity index (χ1) is 11.9. The normalized spacial score (nSPS) is 11.7. The van der Waals surface area contributed by atoms with Gasteiger partial charge in [0.2, 0.25) is 0 Å². The molecule has 8 heteroatoms. The lowest BCUT2D eigenvalue weighted by Crippen LogP contribution is -2.38. The van der Waals surface area contributed by atoms with Gasteiger partial charge in [0.15, 0.2) is 5.96 Å². The van der Waals surface area contributed by atoms with Crippen molar-refractivity contribution in [3.8, 4) is 5.75 Å². The minimum Gasteiger partial charge on any atom is -0.435 e. The van der Waals surface area contributed by atoms with Gasteiger partial charge >= 0.3 is 6.61 Å². The molecule has 0 aliphatic heterocycles. The second-order valence-corrected chi connectivity index (χ2v) is 6.82. The molecule has 1 aromatic carbocycles. The Morgan fingerprint density at radius 3 is 2.52 bits per heavy atom. The van der Waals surface area contributed by atoms with E-state index in [1.54, 1.807) is 30.5 Å². The summed E-state index contributed by atoms with van der Waals surface area (Å²) in [6.45, 7) is 2.44. The van der Waals surface area contributed by atoms with Gasteiger partial charge in [-0.2, -0.15) is 8.78 Å². The van der Waals surface area contributed by atoms with Gasteiger partial charge in [0.25, 0.3) is 0 Å². The monoisotopic (exact) mass is 368 g/mol. The first-order valence-electron chi connectivity index (χ1n) is 7.77. The lowest BCUT2D eigenvalue weighted by atomic mass is 10.2. The predicted molar refractivity (Wildman–Crippen MR) is 96.3 cm³/mol. The number of rotatable bonds is 6. The van der Waals surface area contributed by atoms with Crippen LogP contribution in [0.5, 0.6) is 5.75 Å². The Hall–Kier alpha value is -2.22. The Labute approximate surface area is 150 Å². The number of ether oxygens (including phenoxy) is 1. The van der Waals surface area contributed by atoms with Gasteiger partial charge in [-0.3, -0.25) is 4.99 Å². The van der Waals surface area contributed by atoms with Crippen molar-refractivity contribution < 1.29 is 13.5 Å². The third-order valence-electron chi connectivity index (χ3n) is 3.61. The van der Waals surface area contributed by atoms with E-state index in [2.05, 4.69) is 27.0 Å². The predicted octanol–water partition coefficient (Wildman–Crippen LogP) is 3.57. The van der Waals surface area contributed by atoms with Crippen LogP contribution in [0.4, 0.5) is 8.78 Å². The number of hydrogen-bond acceptors (Lipinski definition) is 4. The van der Waals surface area contributed by atoms with E-state index in [0.717, 1.165) is 22.2 Å². The van der Waals surface area contributed by atoms with Crippen LogP contribution >= 0.6 is 11.3 Å². The number of guanidine groups is 1. The van der Waals surface area contributed by atoms with Crippen LogP contribution in [0.1, 0.15) is 21.1 Å². The van der Waals surface area contributed by atoms with Crippen molar-refractivity contribution in [2.45, 2.75) is 33.5 Å². The zero-order valence-corrected chi connectivity index (χ0v) is 15.5. The van der Waals surface area contributed by atoms with Crippen LogP contribution < -0.4 is 10.1 Å². The minimum absolute atomic E-state index is 0.151. The van der Waals surface area contributed by atoms with Crippen LogP contribution in [-0.4, -0.2) is 36.6 Å². The molecule has 0 atom stereocenters. The number of alkyl halides is 2. The number of nitrogens with zero attached hydrogens (tertiary/aromatic N) is 3. The molecule has 5 nitrogen and oxygen atoms in total. The van der Waals surface area contributed by atoms with E-state index >= 15 is 0 Å². The Balaban J connectivity index is 1.91. The van der Waals surface area contributed by atoms with Gasteiger partial charge in [0.05, 0.1) is 12.2 Å². The first kappa shape index (κ1) is 19.1. The Bertz CT molecular complexity index is 696. The maximum absolute atomic E-state index is 12.2. The average Bonchev–Trinajstić information content (AvgIpc) is 2.87. The van der Waals surface area contributed by atoms with Crippen molar-refractivity contribution in [1.82, 2.24) is 15.2 Å². The van der Waals surface area contributed by atoms with E-state index in [4.69, 9.17) is 0 Å². The van der Waals surface area contributed by atoms with Crippen molar-refractivity contribution in [2.75, 3.05) is 14.1 Å². The molecule has 2 rings (SSSR count). The summed E-state index contributed by atoms with van der Waals surface area (Å²) in [5.74, 6) is 0.886. The van der Waals surface area contributed by atoms with E-state index in [0.29, 0.717) is 13.1 Å². The van der Waals surface area contributed by atoms with Crippen LogP contribution in [0, 0.1) is 13.8 Å². The molecule has 0 saturated heterocycles. The molecule has 1 N–H and O–H groups in total. The number of aryl methyl sites for hydroxylation is 2. The number of hydrogen-bond donors (Lipinski definition) is 1. The molecule has 0 spiro atoms. The van der Waals surface area contributed by atoms with Crippen molar-refractivity contribution in [3.63, 3.8) is 0 Å². The van der Waals surface area contributed by atoms with E-state index in [9.17, 15) is 8.78 Å². The molecule has 0 amide bonds. The number of aliphatic imine (C=N–C) groups is 1. The molecule has 0 unspecified atom stereocenters. The van der Waals surface area contributed by atoms with E-state index in [-0.39, 0.29) is 5.75 Å². The largest absolute Gasteiger partial charge is 0.435 e. The van der Waals surface area contributed by atoms with Crippen LogP contribution in [0.15, 0.2) is 29.3 Å². The summed E-state index contributed by atoms with van der Waals surface area (Å²) in [7, 11) is 3.63. The minimum atomic E-state index is -2.81. The van der Waals surface area contributed by atoms with Crippen LogP contribution in [0.3, 0.4) is 0 Å². The van der Waals surface area contributed by atoms with Crippen LogP contribution in [0.2, 0.25) is 0 Å². The highest BCUT2D eigenvalue weighted by molar-refractivity contribution is 7.11. The number of thiazole rings is 1. The average molecular weight is 368 g/mol. The molecule has 0 bridgehead atoms. The highest BCUT2D eigenvalue weighted by Gasteiger charge is 2.10. The molecule has 0 aliphatic carbocycles. The molecular weight excluding hydrogens is 346 g/mol. The zero-order valence-electron chi connectivity index (χ0n) is 14.7. The summed E-state index contributed by atoms with van der Waals surface area (Å²) in [6.07, 6.45) is 0. The summed E-state index contributed by atoms with van der Waals surface area (Å²) in [4.78, 5) is 11.9. The molecule has 0 radical (unpaired) electrons. The van der Waals surface area contributed by atoms with Gasteiger partial charge in [-0.1, -0.05) is 12.1 Å². The number of aromatic nitrogens is 1. The van der Waals surface area contributed by atoms with Crippen molar-refractivity contribution >= 4 is 17.3 Å². The fourth-order valence-electron chi connectivity index (χ4n) is 2.28. The smallest absolute Gasteiger partial charge is 0.387 e. The van der Waals surface area contributed by atoms with Crippen molar-refractivity contribution in [3.05, 3.63) is 45.4 Å². The van der Waals surface area contributed by atoms with E-state index < -0.39 is 6.61 Å². The summed E-state index contributed by atoms with van der Waals surface area (Å²) < 4.78 is 28.7.